The monoisotopic (exact) mass is 435 g/mol. The van der Waals surface area contributed by atoms with Crippen LogP contribution in [0.5, 0.6) is 0 Å². The smallest absolute Gasteiger partial charge is 0.362 e. The first-order valence-electron chi connectivity index (χ1n) is 11.4. The third kappa shape index (κ3) is 3.86. The van der Waals surface area contributed by atoms with Crippen molar-refractivity contribution in [3.8, 4) is 0 Å². The van der Waals surface area contributed by atoms with Crippen LogP contribution in [0.15, 0.2) is 46.8 Å². The molecule has 5 rings (SSSR count). The maximum absolute atomic E-state index is 13.0. The molecule has 0 radical (unpaired) electrons. The summed E-state index contributed by atoms with van der Waals surface area (Å²) in [6.45, 7) is 2.30. The molecule has 0 atom stereocenters. The van der Waals surface area contributed by atoms with Gasteiger partial charge >= 0.3 is 6.03 Å². The highest BCUT2D eigenvalue weighted by Gasteiger charge is 2.52. The second-order valence-corrected chi connectivity index (χ2v) is 8.74. The van der Waals surface area contributed by atoms with Crippen molar-refractivity contribution in [1.82, 2.24) is 14.9 Å². The Morgan fingerprint density at radius 3 is 2.75 bits per heavy atom. The number of nitrogens with two attached hydrogens (primary N) is 1. The molecule has 0 unspecified atom stereocenters. The van der Waals surface area contributed by atoms with Crippen LogP contribution in [-0.2, 0) is 23.2 Å². The number of ether oxygens (including phenoxy) is 1. The largest absolute Gasteiger partial charge is 0.381 e. The lowest BCUT2D eigenvalue weighted by Gasteiger charge is -2.44. The number of azo groups is 1. The van der Waals surface area contributed by atoms with Crippen LogP contribution < -0.4 is 10.9 Å². The Labute approximate surface area is 187 Å². The lowest BCUT2D eigenvalue weighted by Crippen LogP contribution is -2.48. The number of aromatic nitrogens is 2. The summed E-state index contributed by atoms with van der Waals surface area (Å²) >= 11 is 0. The number of hydrogen-bond acceptors (Lipinski definition) is 7. The Kier molecular flexibility index (Phi) is 5.84. The van der Waals surface area contributed by atoms with Gasteiger partial charge in [-0.25, -0.2) is 20.6 Å². The predicted molar refractivity (Wildman–Crippen MR) is 119 cm³/mol. The minimum Gasteiger partial charge on any atom is -0.381 e. The van der Waals surface area contributed by atoms with Gasteiger partial charge in [0.25, 0.3) is 0 Å². The number of carbonyl (C=O) groups excluding carboxylic acids is 1. The number of amides is 2. The number of urea groups is 1. The second kappa shape index (κ2) is 8.91. The van der Waals surface area contributed by atoms with E-state index in [0.717, 1.165) is 49.8 Å². The molecule has 32 heavy (non-hydrogen) atoms. The van der Waals surface area contributed by atoms with Gasteiger partial charge in [0.2, 0.25) is 5.95 Å². The lowest BCUT2D eigenvalue weighted by atomic mass is 9.73. The molecule has 1 aliphatic carbocycles. The molecule has 2 amide bonds. The van der Waals surface area contributed by atoms with Gasteiger partial charge in [0.1, 0.15) is 0 Å². The van der Waals surface area contributed by atoms with E-state index in [0.29, 0.717) is 32.3 Å². The quantitative estimate of drug-likeness (QED) is 0.438. The summed E-state index contributed by atoms with van der Waals surface area (Å²) in [6, 6.07) is 9.95. The van der Waals surface area contributed by atoms with Crippen molar-refractivity contribution in [3.63, 3.8) is 0 Å². The molecule has 2 fully saturated rings. The Bertz CT molecular complexity index is 987. The van der Waals surface area contributed by atoms with Crippen molar-refractivity contribution in [3.05, 3.63) is 53.3 Å². The Balaban J connectivity index is 1.28. The fourth-order valence-corrected chi connectivity index (χ4v) is 4.90. The molecule has 168 valence electrons. The molecule has 9 heteroatoms. The van der Waals surface area contributed by atoms with E-state index < -0.39 is 0 Å². The molecule has 9 nitrogen and oxygen atoms in total. The van der Waals surface area contributed by atoms with Crippen molar-refractivity contribution >= 4 is 12.0 Å². The number of nitrogens with zero attached hydrogens (tertiary/aromatic N) is 6. The SMILES string of the molecule is NN(c1ncc2c(n1)CN(C(=O)N=NCCc1ccccc1)C21CCC1)C1CCOCC1. The number of benzene rings is 1. The number of fused-ring (bicyclic) bond motifs is 2. The molecule has 0 bridgehead atoms. The Morgan fingerprint density at radius 2 is 2.03 bits per heavy atom. The van der Waals surface area contributed by atoms with Crippen LogP contribution in [0.3, 0.4) is 0 Å². The molecular weight excluding hydrogens is 406 g/mol. The number of carbonyl (C=O) groups is 1. The van der Waals surface area contributed by atoms with E-state index in [9.17, 15) is 4.79 Å². The molecule has 1 saturated heterocycles. The maximum atomic E-state index is 13.0. The van der Waals surface area contributed by atoms with E-state index in [-0.39, 0.29) is 17.6 Å². The normalized spacial score (nSPS) is 19.8. The summed E-state index contributed by atoms with van der Waals surface area (Å²) in [7, 11) is 0. The van der Waals surface area contributed by atoms with Crippen LogP contribution in [0, 0.1) is 0 Å². The Hall–Kier alpha value is -2.91. The molecule has 1 aromatic heterocycles. The van der Waals surface area contributed by atoms with Gasteiger partial charge in [-0.15, -0.1) is 0 Å². The van der Waals surface area contributed by atoms with Crippen LogP contribution in [-0.4, -0.2) is 46.7 Å². The van der Waals surface area contributed by atoms with Crippen molar-refractivity contribution in [1.29, 1.82) is 0 Å². The average Bonchev–Trinajstić information content (AvgIpc) is 3.17. The van der Waals surface area contributed by atoms with Gasteiger partial charge < -0.3 is 9.64 Å². The third-order valence-corrected chi connectivity index (χ3v) is 6.91. The zero-order chi connectivity index (χ0) is 22.0. The minimum absolute atomic E-state index is 0.164. The number of hydrogen-bond donors (Lipinski definition) is 1. The molecule has 2 aromatic rings. The molecule has 2 aliphatic heterocycles. The van der Waals surface area contributed by atoms with Gasteiger partial charge in [-0.3, -0.25) is 5.01 Å². The second-order valence-electron chi connectivity index (χ2n) is 8.74. The van der Waals surface area contributed by atoms with Gasteiger partial charge in [-0.1, -0.05) is 35.4 Å². The molecular formula is C23H29N7O2. The maximum Gasteiger partial charge on any atom is 0.362 e. The number of anilines is 1. The molecule has 3 heterocycles. The molecule has 1 saturated carbocycles. The van der Waals surface area contributed by atoms with Gasteiger partial charge in [0.05, 0.1) is 30.4 Å². The van der Waals surface area contributed by atoms with E-state index in [1.165, 1.54) is 5.56 Å². The minimum atomic E-state index is -0.346. The van der Waals surface area contributed by atoms with Crippen molar-refractivity contribution in [2.75, 3.05) is 24.8 Å². The summed E-state index contributed by atoms with van der Waals surface area (Å²) in [4.78, 5) is 24.1. The van der Waals surface area contributed by atoms with Crippen molar-refractivity contribution in [2.24, 2.45) is 16.1 Å². The van der Waals surface area contributed by atoms with E-state index in [1.807, 2.05) is 29.3 Å². The third-order valence-electron chi connectivity index (χ3n) is 6.91. The molecule has 2 N–H and O–H groups in total. The van der Waals surface area contributed by atoms with E-state index >= 15 is 0 Å². The lowest BCUT2D eigenvalue weighted by molar-refractivity contribution is 0.0597. The van der Waals surface area contributed by atoms with Gasteiger partial charge in [-0.05, 0) is 44.1 Å². The van der Waals surface area contributed by atoms with E-state index in [4.69, 9.17) is 15.6 Å². The topological polar surface area (TPSA) is 109 Å². The summed E-state index contributed by atoms with van der Waals surface area (Å²) in [5, 5.41) is 9.85. The average molecular weight is 436 g/mol. The Morgan fingerprint density at radius 1 is 1.25 bits per heavy atom. The van der Waals surface area contributed by atoms with Crippen LogP contribution in [0.1, 0.15) is 48.9 Å². The fraction of sp³-hybridized carbons (Fsp3) is 0.522. The number of hydrazine groups is 1. The fourth-order valence-electron chi connectivity index (χ4n) is 4.90. The first kappa shape index (κ1) is 21.0. The van der Waals surface area contributed by atoms with Gasteiger partial charge in [0.15, 0.2) is 0 Å². The summed E-state index contributed by atoms with van der Waals surface area (Å²) < 4.78 is 5.43. The highest BCUT2D eigenvalue weighted by atomic mass is 16.5. The summed E-state index contributed by atoms with van der Waals surface area (Å²) in [6.07, 6.45) is 7.21. The predicted octanol–water partition coefficient (Wildman–Crippen LogP) is 3.35. The standard InChI is InChI=1S/C23H29N7O2/c24-30(18-8-13-32-14-9-18)21-25-15-19-20(27-21)16-29(23(19)10-4-11-23)22(31)28-26-12-7-17-5-2-1-3-6-17/h1-3,5-6,15,18H,4,7-14,16,24H2. The highest BCUT2D eigenvalue weighted by Crippen LogP contribution is 2.52. The van der Waals surface area contributed by atoms with Crippen LogP contribution >= 0.6 is 0 Å². The summed E-state index contributed by atoms with van der Waals surface area (Å²) in [5.41, 5.74) is 2.73. The number of rotatable bonds is 5. The zero-order valence-electron chi connectivity index (χ0n) is 18.2. The molecule has 1 aromatic carbocycles. The van der Waals surface area contributed by atoms with Gasteiger partial charge in [0, 0.05) is 25.0 Å². The first-order valence-corrected chi connectivity index (χ1v) is 11.4. The summed E-state index contributed by atoms with van der Waals surface area (Å²) in [5.74, 6) is 6.84. The highest BCUT2D eigenvalue weighted by molar-refractivity contribution is 5.77. The van der Waals surface area contributed by atoms with Crippen LogP contribution in [0.2, 0.25) is 0 Å². The first-order chi connectivity index (χ1) is 15.7. The van der Waals surface area contributed by atoms with Crippen molar-refractivity contribution in [2.45, 2.75) is 56.7 Å². The van der Waals surface area contributed by atoms with Gasteiger partial charge in [-0.2, -0.15) is 5.11 Å². The molecule has 1 spiro atoms. The molecule has 3 aliphatic rings. The van der Waals surface area contributed by atoms with Crippen molar-refractivity contribution < 1.29 is 9.53 Å². The van der Waals surface area contributed by atoms with E-state index in [2.05, 4.69) is 27.3 Å². The van der Waals surface area contributed by atoms with Crippen LogP contribution in [0.25, 0.3) is 0 Å². The zero-order valence-corrected chi connectivity index (χ0v) is 18.2. The van der Waals surface area contributed by atoms with Crippen LogP contribution in [0.4, 0.5) is 10.7 Å². The van der Waals surface area contributed by atoms with E-state index in [1.54, 1.807) is 5.01 Å².